The van der Waals surface area contributed by atoms with Gasteiger partial charge < -0.3 is 10.6 Å². The summed E-state index contributed by atoms with van der Waals surface area (Å²) >= 11 is 3.35. The van der Waals surface area contributed by atoms with Crippen LogP contribution in [-0.4, -0.2) is 30.0 Å². The first-order valence-electron chi connectivity index (χ1n) is 6.23. The molecule has 19 heavy (non-hydrogen) atoms. The lowest BCUT2D eigenvalue weighted by Crippen LogP contribution is -2.39. The third-order valence-corrected chi connectivity index (χ3v) is 5.43. The number of thioether (sulfide) groups is 1. The molecule has 0 aromatic carbocycles. The van der Waals surface area contributed by atoms with Crippen LogP contribution in [0.2, 0.25) is 0 Å². The third kappa shape index (κ3) is 3.50. The molecular weight excluding hydrogens is 278 g/mol. The van der Waals surface area contributed by atoms with Crippen molar-refractivity contribution < 1.29 is 4.79 Å². The number of nitrogens with zero attached hydrogens (tertiary/aromatic N) is 1. The van der Waals surface area contributed by atoms with Crippen molar-refractivity contribution in [2.24, 2.45) is 0 Å². The van der Waals surface area contributed by atoms with E-state index in [9.17, 15) is 4.79 Å². The SMILES string of the molecule is Cc1sc(NC(=O)CC2CSCCN2)c(C#N)c1C. The summed E-state index contributed by atoms with van der Waals surface area (Å²) in [5.74, 6) is 2.07. The molecule has 1 aromatic heterocycles. The van der Waals surface area contributed by atoms with Gasteiger partial charge in [-0.25, -0.2) is 0 Å². The second-order valence-corrected chi connectivity index (χ2v) is 6.95. The maximum Gasteiger partial charge on any atom is 0.226 e. The number of anilines is 1. The molecule has 0 spiro atoms. The summed E-state index contributed by atoms with van der Waals surface area (Å²) in [5.41, 5.74) is 1.57. The van der Waals surface area contributed by atoms with E-state index in [4.69, 9.17) is 5.26 Å². The topological polar surface area (TPSA) is 64.9 Å². The standard InChI is InChI=1S/C13H17N3OS2/c1-8-9(2)19-13(11(8)6-14)16-12(17)5-10-7-18-4-3-15-10/h10,15H,3-5,7H2,1-2H3,(H,16,17). The van der Waals surface area contributed by atoms with Gasteiger partial charge in [-0.2, -0.15) is 17.0 Å². The molecule has 0 aliphatic carbocycles. The molecule has 0 saturated carbocycles. The normalized spacial score (nSPS) is 18.9. The molecule has 1 aliphatic heterocycles. The van der Waals surface area contributed by atoms with Crippen LogP contribution in [0.5, 0.6) is 0 Å². The second-order valence-electron chi connectivity index (χ2n) is 4.58. The Bertz CT molecular complexity index is 513. The van der Waals surface area contributed by atoms with E-state index in [0.717, 1.165) is 28.5 Å². The van der Waals surface area contributed by atoms with Gasteiger partial charge in [0.1, 0.15) is 11.1 Å². The molecule has 1 amide bonds. The number of hydrogen-bond acceptors (Lipinski definition) is 5. The fraction of sp³-hybridized carbons (Fsp3) is 0.538. The van der Waals surface area contributed by atoms with Crippen LogP contribution < -0.4 is 10.6 Å². The van der Waals surface area contributed by atoms with Crippen LogP contribution in [-0.2, 0) is 4.79 Å². The van der Waals surface area contributed by atoms with Crippen molar-refractivity contribution in [3.63, 3.8) is 0 Å². The van der Waals surface area contributed by atoms with Crippen LogP contribution in [0.25, 0.3) is 0 Å². The predicted molar refractivity (Wildman–Crippen MR) is 80.9 cm³/mol. The zero-order valence-corrected chi connectivity index (χ0v) is 12.7. The van der Waals surface area contributed by atoms with Crippen LogP contribution in [0.1, 0.15) is 22.4 Å². The van der Waals surface area contributed by atoms with Crippen molar-refractivity contribution in [3.05, 3.63) is 16.0 Å². The van der Waals surface area contributed by atoms with Crippen LogP contribution in [0.3, 0.4) is 0 Å². The summed E-state index contributed by atoms with van der Waals surface area (Å²) in [6, 6.07) is 2.41. The van der Waals surface area contributed by atoms with E-state index in [0.29, 0.717) is 17.0 Å². The van der Waals surface area contributed by atoms with Crippen molar-refractivity contribution in [2.75, 3.05) is 23.4 Å². The molecule has 0 bridgehead atoms. The van der Waals surface area contributed by atoms with Crippen LogP contribution in [0, 0.1) is 25.2 Å². The predicted octanol–water partition coefficient (Wildman–Crippen LogP) is 2.27. The van der Waals surface area contributed by atoms with E-state index in [-0.39, 0.29) is 11.9 Å². The third-order valence-electron chi connectivity index (χ3n) is 3.18. The number of carbonyl (C=O) groups is 1. The highest BCUT2D eigenvalue weighted by Gasteiger charge is 2.19. The van der Waals surface area contributed by atoms with Gasteiger partial charge in [0.2, 0.25) is 5.91 Å². The summed E-state index contributed by atoms with van der Waals surface area (Å²) in [6.07, 6.45) is 0.466. The zero-order chi connectivity index (χ0) is 13.8. The van der Waals surface area contributed by atoms with Gasteiger partial charge in [0.25, 0.3) is 0 Å². The molecule has 1 aliphatic rings. The molecule has 1 saturated heterocycles. The van der Waals surface area contributed by atoms with Gasteiger partial charge in [-0.15, -0.1) is 11.3 Å². The fourth-order valence-electron chi connectivity index (χ4n) is 2.00. The number of carbonyl (C=O) groups excluding carboxylic acids is 1. The van der Waals surface area contributed by atoms with Crippen molar-refractivity contribution in [3.8, 4) is 6.07 Å². The summed E-state index contributed by atoms with van der Waals surface area (Å²) < 4.78 is 0. The van der Waals surface area contributed by atoms with Gasteiger partial charge in [0, 0.05) is 35.4 Å². The molecule has 1 atom stereocenters. The van der Waals surface area contributed by atoms with E-state index >= 15 is 0 Å². The minimum absolute atomic E-state index is 0.0160. The highest BCUT2D eigenvalue weighted by atomic mass is 32.2. The molecule has 1 fully saturated rings. The Morgan fingerprint density at radius 2 is 2.37 bits per heavy atom. The maximum absolute atomic E-state index is 12.0. The summed E-state index contributed by atoms with van der Waals surface area (Å²) in [4.78, 5) is 13.1. The molecule has 1 unspecified atom stereocenters. The van der Waals surface area contributed by atoms with Gasteiger partial charge in [-0.1, -0.05) is 0 Å². The summed E-state index contributed by atoms with van der Waals surface area (Å²) in [7, 11) is 0. The molecular formula is C13H17N3OS2. The largest absolute Gasteiger partial charge is 0.317 e. The summed E-state index contributed by atoms with van der Waals surface area (Å²) in [5, 5.41) is 16.0. The molecule has 2 heterocycles. The first-order valence-corrected chi connectivity index (χ1v) is 8.20. The first-order chi connectivity index (χ1) is 9.11. The number of nitrogens with one attached hydrogen (secondary N) is 2. The number of hydrogen-bond donors (Lipinski definition) is 2. The molecule has 1 aromatic rings. The van der Waals surface area contributed by atoms with Gasteiger partial charge >= 0.3 is 0 Å². The Labute approximate surface area is 121 Å². The van der Waals surface area contributed by atoms with Gasteiger partial charge in [0.15, 0.2) is 0 Å². The zero-order valence-electron chi connectivity index (χ0n) is 11.1. The molecule has 6 heteroatoms. The Hall–Kier alpha value is -1.03. The molecule has 4 nitrogen and oxygen atoms in total. The Kier molecular flexibility index (Phi) is 4.86. The van der Waals surface area contributed by atoms with Crippen LogP contribution in [0.4, 0.5) is 5.00 Å². The number of nitriles is 1. The first kappa shape index (κ1) is 14.4. The molecule has 102 valence electrons. The van der Waals surface area contributed by atoms with E-state index in [1.54, 1.807) is 0 Å². The lowest BCUT2D eigenvalue weighted by atomic mass is 10.2. The number of thiophene rings is 1. The van der Waals surface area contributed by atoms with Crippen LogP contribution in [0.15, 0.2) is 0 Å². The van der Waals surface area contributed by atoms with Crippen molar-refractivity contribution >= 4 is 34.0 Å². The highest BCUT2D eigenvalue weighted by Crippen LogP contribution is 2.31. The van der Waals surface area contributed by atoms with Gasteiger partial charge in [-0.3, -0.25) is 4.79 Å². The van der Waals surface area contributed by atoms with Crippen molar-refractivity contribution in [1.82, 2.24) is 5.32 Å². The number of rotatable bonds is 3. The quantitative estimate of drug-likeness (QED) is 0.898. The van der Waals surface area contributed by atoms with Crippen molar-refractivity contribution in [2.45, 2.75) is 26.3 Å². The molecule has 0 radical (unpaired) electrons. The second kappa shape index (κ2) is 6.42. The van der Waals surface area contributed by atoms with Crippen LogP contribution >= 0.6 is 23.1 Å². The van der Waals surface area contributed by atoms with Crippen molar-refractivity contribution in [1.29, 1.82) is 5.26 Å². The highest BCUT2D eigenvalue weighted by molar-refractivity contribution is 7.99. The monoisotopic (exact) mass is 295 g/mol. The minimum atomic E-state index is -0.0160. The average Bonchev–Trinajstić information content (AvgIpc) is 2.65. The van der Waals surface area contributed by atoms with E-state index < -0.39 is 0 Å². The summed E-state index contributed by atoms with van der Waals surface area (Å²) in [6.45, 7) is 4.85. The van der Waals surface area contributed by atoms with Gasteiger partial charge in [-0.05, 0) is 19.4 Å². The average molecular weight is 295 g/mol. The Morgan fingerprint density at radius 1 is 1.58 bits per heavy atom. The lowest BCUT2D eigenvalue weighted by molar-refractivity contribution is -0.116. The Morgan fingerprint density at radius 3 is 3.00 bits per heavy atom. The Balaban J connectivity index is 1.99. The number of aryl methyl sites for hydroxylation is 1. The molecule has 2 N–H and O–H groups in total. The van der Waals surface area contributed by atoms with E-state index in [1.807, 2.05) is 25.6 Å². The van der Waals surface area contributed by atoms with Gasteiger partial charge in [0.05, 0.1) is 5.56 Å². The maximum atomic E-state index is 12.0. The number of amides is 1. The molecule has 2 rings (SSSR count). The van der Waals surface area contributed by atoms with E-state index in [2.05, 4.69) is 16.7 Å². The minimum Gasteiger partial charge on any atom is -0.317 e. The fourth-order valence-corrected chi connectivity index (χ4v) is 3.98. The smallest absolute Gasteiger partial charge is 0.226 e. The lowest BCUT2D eigenvalue weighted by Gasteiger charge is -2.22. The van der Waals surface area contributed by atoms with E-state index in [1.165, 1.54) is 11.3 Å².